The fraction of sp³-hybridized carbons (Fsp3) is 0.250. The first kappa shape index (κ1) is 33.4. The van der Waals surface area contributed by atoms with E-state index in [4.69, 9.17) is 4.74 Å². The number of hydrogen-bond acceptors (Lipinski definition) is 2. The van der Waals surface area contributed by atoms with Crippen molar-refractivity contribution < 1.29 is 4.74 Å². The molecule has 0 aliphatic carbocycles. The quantitative estimate of drug-likeness (QED) is 0.145. The van der Waals surface area contributed by atoms with Crippen LogP contribution in [-0.2, 0) is 0 Å². The van der Waals surface area contributed by atoms with E-state index in [0.29, 0.717) is 17.8 Å². The summed E-state index contributed by atoms with van der Waals surface area (Å²) >= 11 is 0. The van der Waals surface area contributed by atoms with Crippen LogP contribution in [0.25, 0.3) is 33.4 Å². The Labute approximate surface area is 299 Å². The second kappa shape index (κ2) is 14.4. The van der Waals surface area contributed by atoms with Crippen molar-refractivity contribution in [2.75, 3.05) is 4.90 Å². The average molecular weight is 656 g/mol. The molecule has 0 saturated heterocycles. The molecule has 1 aliphatic rings. The van der Waals surface area contributed by atoms with Gasteiger partial charge < -0.3 is 9.64 Å². The molecule has 252 valence electrons. The molecule has 0 spiro atoms. The zero-order valence-electron chi connectivity index (χ0n) is 30.4. The maximum atomic E-state index is 6.44. The number of para-hydroxylation sites is 4. The van der Waals surface area contributed by atoms with Crippen molar-refractivity contribution >= 4 is 17.1 Å². The minimum Gasteiger partial charge on any atom is -0.453 e. The van der Waals surface area contributed by atoms with Crippen LogP contribution in [0.15, 0.2) is 133 Å². The van der Waals surface area contributed by atoms with Gasteiger partial charge in [-0.2, -0.15) is 0 Å². The van der Waals surface area contributed by atoms with Crippen LogP contribution in [0.4, 0.5) is 17.1 Å². The Bertz CT molecular complexity index is 1950. The summed E-state index contributed by atoms with van der Waals surface area (Å²) < 4.78 is 6.44. The van der Waals surface area contributed by atoms with Crippen LogP contribution in [-0.4, -0.2) is 0 Å². The summed E-state index contributed by atoms with van der Waals surface area (Å²) in [5.74, 6) is 3.27. The molecule has 0 fully saturated rings. The highest BCUT2D eigenvalue weighted by Gasteiger charge is 2.28. The average Bonchev–Trinajstić information content (AvgIpc) is 3.18. The predicted octanol–water partition coefficient (Wildman–Crippen LogP) is 14.8. The Morgan fingerprint density at radius 3 is 1.20 bits per heavy atom. The van der Waals surface area contributed by atoms with Gasteiger partial charge in [0.2, 0.25) is 0 Å². The molecule has 0 amide bonds. The number of nitrogens with zero attached hydrogens (tertiary/aromatic N) is 1. The topological polar surface area (TPSA) is 12.5 Å². The van der Waals surface area contributed by atoms with Gasteiger partial charge in [-0.1, -0.05) is 139 Å². The first-order valence-corrected chi connectivity index (χ1v) is 18.5. The third-order valence-corrected chi connectivity index (χ3v) is 11.0. The highest BCUT2D eigenvalue weighted by Crippen LogP contribution is 2.53. The van der Waals surface area contributed by atoms with Crippen LogP contribution in [0.1, 0.15) is 95.2 Å². The number of ether oxygens (including phenoxy) is 1. The summed E-state index contributed by atoms with van der Waals surface area (Å²) in [5.41, 5.74) is 14.7. The summed E-state index contributed by atoms with van der Waals surface area (Å²) in [5, 5.41) is 0. The maximum absolute atomic E-state index is 6.44. The molecule has 0 aromatic heterocycles. The van der Waals surface area contributed by atoms with Gasteiger partial charge in [0.25, 0.3) is 0 Å². The molecule has 2 nitrogen and oxygen atoms in total. The second-order valence-electron chi connectivity index (χ2n) is 14.1. The van der Waals surface area contributed by atoms with Crippen molar-refractivity contribution in [3.8, 4) is 44.9 Å². The Morgan fingerprint density at radius 1 is 0.460 bits per heavy atom. The van der Waals surface area contributed by atoms with Crippen molar-refractivity contribution in [2.45, 2.75) is 78.6 Å². The fourth-order valence-electron chi connectivity index (χ4n) is 7.17. The minimum atomic E-state index is 0.517. The summed E-state index contributed by atoms with van der Waals surface area (Å²) in [6.07, 6.45) is 3.36. The summed E-state index contributed by atoms with van der Waals surface area (Å²) in [6.45, 7) is 13.7. The number of rotatable bonds is 10. The first-order chi connectivity index (χ1) is 24.4. The molecule has 6 aromatic rings. The fourth-order valence-corrected chi connectivity index (χ4v) is 7.17. The summed E-state index contributed by atoms with van der Waals surface area (Å²) in [4.78, 5) is 2.37. The van der Waals surface area contributed by atoms with E-state index < -0.39 is 0 Å². The van der Waals surface area contributed by atoms with Crippen LogP contribution in [0.5, 0.6) is 11.5 Å². The molecule has 0 saturated carbocycles. The highest BCUT2D eigenvalue weighted by molar-refractivity contribution is 5.99. The van der Waals surface area contributed by atoms with Gasteiger partial charge >= 0.3 is 0 Å². The van der Waals surface area contributed by atoms with Gasteiger partial charge in [-0.3, -0.25) is 0 Å². The molecule has 0 N–H and O–H groups in total. The lowest BCUT2D eigenvalue weighted by Gasteiger charge is -2.34. The van der Waals surface area contributed by atoms with Crippen molar-refractivity contribution in [1.82, 2.24) is 0 Å². The van der Waals surface area contributed by atoms with Crippen molar-refractivity contribution in [2.24, 2.45) is 0 Å². The van der Waals surface area contributed by atoms with Gasteiger partial charge in [0.05, 0.1) is 11.4 Å². The predicted molar refractivity (Wildman–Crippen MR) is 214 cm³/mol. The molecule has 1 aliphatic heterocycles. The van der Waals surface area contributed by atoms with E-state index in [1.807, 2.05) is 12.1 Å². The SMILES string of the molecule is CCC(C)c1ccc(-c2cc(N3c4ccccc4Oc4ccccc43)cc(-c3ccc(C(C)CC)cc3)c2-c2ccc(C(C)CC)cc2)cc1. The van der Waals surface area contributed by atoms with Gasteiger partial charge in [0.15, 0.2) is 11.5 Å². The number of hydrogen-bond donors (Lipinski definition) is 0. The molecule has 0 bridgehead atoms. The molecule has 50 heavy (non-hydrogen) atoms. The van der Waals surface area contributed by atoms with E-state index in [1.54, 1.807) is 0 Å². The highest BCUT2D eigenvalue weighted by atomic mass is 16.5. The Morgan fingerprint density at radius 2 is 0.820 bits per heavy atom. The Balaban J connectivity index is 1.52. The van der Waals surface area contributed by atoms with Crippen LogP contribution in [0.2, 0.25) is 0 Å². The Kier molecular flexibility index (Phi) is 9.63. The third-order valence-electron chi connectivity index (χ3n) is 11.0. The normalized spacial score (nSPS) is 13.9. The van der Waals surface area contributed by atoms with Gasteiger partial charge in [-0.05, 0) is 123 Å². The minimum absolute atomic E-state index is 0.517. The van der Waals surface area contributed by atoms with E-state index in [2.05, 4.69) is 168 Å². The first-order valence-electron chi connectivity index (χ1n) is 18.5. The molecular weight excluding hydrogens is 607 g/mol. The molecule has 3 atom stereocenters. The summed E-state index contributed by atoms with van der Waals surface area (Å²) in [7, 11) is 0. The standard InChI is InChI=1S/C48H49NO/c1-7-32(4)35-18-24-38(25-19-35)42-30-41(49-44-14-10-12-16-46(44)50-47-17-13-11-15-45(47)49)31-43(39-26-20-36(21-27-39)33(5)8-2)48(42)40-28-22-37(23-29-40)34(6)9-3/h10-34H,7-9H2,1-6H3. The largest absolute Gasteiger partial charge is 0.453 e. The Hall–Kier alpha value is -5.08. The zero-order chi connectivity index (χ0) is 34.8. The number of anilines is 3. The lowest BCUT2D eigenvalue weighted by Crippen LogP contribution is -2.16. The molecule has 2 heteroatoms. The smallest absolute Gasteiger partial charge is 0.151 e. The van der Waals surface area contributed by atoms with Crippen molar-refractivity contribution in [3.05, 3.63) is 150 Å². The van der Waals surface area contributed by atoms with Crippen molar-refractivity contribution in [3.63, 3.8) is 0 Å². The van der Waals surface area contributed by atoms with E-state index in [0.717, 1.165) is 47.8 Å². The van der Waals surface area contributed by atoms with Gasteiger partial charge in [-0.15, -0.1) is 0 Å². The molecule has 0 radical (unpaired) electrons. The second-order valence-corrected chi connectivity index (χ2v) is 14.1. The van der Waals surface area contributed by atoms with Crippen LogP contribution in [0.3, 0.4) is 0 Å². The molecule has 7 rings (SSSR count). The summed E-state index contributed by atoms with van der Waals surface area (Å²) in [6, 6.07) is 49.5. The third kappa shape index (κ3) is 6.36. The number of fused-ring (bicyclic) bond motifs is 2. The molecular formula is C48H49NO. The van der Waals surface area contributed by atoms with E-state index >= 15 is 0 Å². The van der Waals surface area contributed by atoms with Gasteiger partial charge in [0.1, 0.15) is 0 Å². The lowest BCUT2D eigenvalue weighted by atomic mass is 9.84. The van der Waals surface area contributed by atoms with E-state index in [9.17, 15) is 0 Å². The van der Waals surface area contributed by atoms with Crippen LogP contribution < -0.4 is 9.64 Å². The number of benzene rings is 6. The maximum Gasteiger partial charge on any atom is 0.151 e. The van der Waals surface area contributed by atoms with Crippen LogP contribution >= 0.6 is 0 Å². The molecule has 3 unspecified atom stereocenters. The van der Waals surface area contributed by atoms with Crippen LogP contribution in [0, 0.1) is 0 Å². The lowest BCUT2D eigenvalue weighted by molar-refractivity contribution is 0.477. The zero-order valence-corrected chi connectivity index (χ0v) is 30.4. The van der Waals surface area contributed by atoms with Gasteiger partial charge in [-0.25, -0.2) is 0 Å². The van der Waals surface area contributed by atoms with Crippen molar-refractivity contribution in [1.29, 1.82) is 0 Å². The van der Waals surface area contributed by atoms with Gasteiger partial charge in [0, 0.05) is 5.69 Å². The van der Waals surface area contributed by atoms with E-state index in [1.165, 1.54) is 50.1 Å². The molecule has 6 aromatic carbocycles. The monoisotopic (exact) mass is 655 g/mol. The molecule has 1 heterocycles. The van der Waals surface area contributed by atoms with E-state index in [-0.39, 0.29) is 0 Å².